The Bertz CT molecular complexity index is 386. The summed E-state index contributed by atoms with van der Waals surface area (Å²) in [4.78, 5) is 1.19. The van der Waals surface area contributed by atoms with E-state index in [1.165, 1.54) is 4.90 Å². The van der Waals surface area contributed by atoms with Gasteiger partial charge >= 0.3 is 0 Å². The molecule has 1 rings (SSSR count). The highest BCUT2D eigenvalue weighted by Gasteiger charge is 2.21. The molecule has 0 heterocycles. The molecule has 0 aliphatic rings. The van der Waals surface area contributed by atoms with E-state index < -0.39 is 5.60 Å². The maximum absolute atomic E-state index is 10.2. The lowest BCUT2D eigenvalue weighted by Crippen LogP contribution is -2.29. The summed E-state index contributed by atoms with van der Waals surface area (Å²) in [6.07, 6.45) is 5.56. The predicted octanol–water partition coefficient (Wildman–Crippen LogP) is 3.30. The number of rotatable bonds is 7. The van der Waals surface area contributed by atoms with Crippen LogP contribution in [0, 0.1) is 0 Å². The standard InChI is InChI=1S/C15H23NOS/c1-3-15(17,4-2)12-18-14-9-5-7-13(11-14)8-6-10-16/h5-9,11,17H,3-4,10,12,16H2,1-2H3/b8-6+. The zero-order valence-electron chi connectivity index (χ0n) is 11.2. The first-order valence-electron chi connectivity index (χ1n) is 6.45. The molecule has 0 radical (unpaired) electrons. The first-order valence-corrected chi connectivity index (χ1v) is 7.44. The summed E-state index contributed by atoms with van der Waals surface area (Å²) in [7, 11) is 0. The zero-order valence-corrected chi connectivity index (χ0v) is 12.0. The van der Waals surface area contributed by atoms with Crippen LogP contribution in [0.5, 0.6) is 0 Å². The van der Waals surface area contributed by atoms with Gasteiger partial charge in [0.25, 0.3) is 0 Å². The molecule has 0 amide bonds. The van der Waals surface area contributed by atoms with Crippen LogP contribution in [0.1, 0.15) is 32.3 Å². The SMILES string of the molecule is CCC(O)(CC)CSc1cccc(/C=C/CN)c1. The molecule has 2 nitrogen and oxygen atoms in total. The Morgan fingerprint density at radius 1 is 1.33 bits per heavy atom. The van der Waals surface area contributed by atoms with Gasteiger partial charge in [-0.15, -0.1) is 11.8 Å². The predicted molar refractivity (Wildman–Crippen MR) is 80.8 cm³/mol. The van der Waals surface area contributed by atoms with Crippen molar-refractivity contribution < 1.29 is 5.11 Å². The van der Waals surface area contributed by atoms with Crippen LogP contribution in [0.2, 0.25) is 0 Å². The van der Waals surface area contributed by atoms with Crippen LogP contribution in [-0.2, 0) is 0 Å². The summed E-state index contributed by atoms with van der Waals surface area (Å²) in [5.74, 6) is 0.740. The Balaban J connectivity index is 2.65. The molecule has 0 saturated heterocycles. The highest BCUT2D eigenvalue weighted by molar-refractivity contribution is 7.99. The van der Waals surface area contributed by atoms with Crippen molar-refractivity contribution in [3.63, 3.8) is 0 Å². The van der Waals surface area contributed by atoms with Crippen molar-refractivity contribution in [2.45, 2.75) is 37.2 Å². The summed E-state index contributed by atoms with van der Waals surface area (Å²) >= 11 is 1.71. The molecule has 0 saturated carbocycles. The van der Waals surface area contributed by atoms with E-state index in [0.717, 1.165) is 24.2 Å². The molecule has 18 heavy (non-hydrogen) atoms. The Morgan fingerprint density at radius 3 is 2.67 bits per heavy atom. The van der Waals surface area contributed by atoms with Gasteiger partial charge in [-0.25, -0.2) is 0 Å². The summed E-state index contributed by atoms with van der Waals surface area (Å²) in [5, 5.41) is 10.2. The Kier molecular flexibility index (Phi) is 6.47. The van der Waals surface area contributed by atoms with Gasteiger partial charge in [-0.3, -0.25) is 0 Å². The normalized spacial score (nSPS) is 12.2. The number of hydrogen-bond donors (Lipinski definition) is 2. The lowest BCUT2D eigenvalue weighted by Gasteiger charge is -2.24. The fourth-order valence-corrected chi connectivity index (χ4v) is 2.82. The van der Waals surface area contributed by atoms with Crippen molar-refractivity contribution in [3.05, 3.63) is 35.9 Å². The van der Waals surface area contributed by atoms with E-state index >= 15 is 0 Å². The lowest BCUT2D eigenvalue weighted by molar-refractivity contribution is 0.0572. The van der Waals surface area contributed by atoms with Crippen molar-refractivity contribution in [1.82, 2.24) is 0 Å². The van der Waals surface area contributed by atoms with Crippen LogP contribution < -0.4 is 5.73 Å². The average molecular weight is 265 g/mol. The van der Waals surface area contributed by atoms with Crippen molar-refractivity contribution in [2.24, 2.45) is 5.73 Å². The quantitative estimate of drug-likeness (QED) is 0.744. The second kappa shape index (κ2) is 7.62. The van der Waals surface area contributed by atoms with Gasteiger partial charge < -0.3 is 10.8 Å². The van der Waals surface area contributed by atoms with Crippen LogP contribution >= 0.6 is 11.8 Å². The highest BCUT2D eigenvalue weighted by Crippen LogP contribution is 2.27. The molecule has 0 spiro atoms. The van der Waals surface area contributed by atoms with Gasteiger partial charge in [0.2, 0.25) is 0 Å². The summed E-state index contributed by atoms with van der Waals surface area (Å²) in [6.45, 7) is 4.62. The number of thioether (sulfide) groups is 1. The first-order chi connectivity index (χ1) is 8.63. The van der Waals surface area contributed by atoms with Crippen molar-refractivity contribution in [1.29, 1.82) is 0 Å². The Hall–Kier alpha value is -0.770. The monoisotopic (exact) mass is 265 g/mol. The largest absolute Gasteiger partial charge is 0.389 e. The summed E-state index contributed by atoms with van der Waals surface area (Å²) in [6, 6.07) is 8.30. The molecule has 1 aromatic carbocycles. The molecule has 0 atom stereocenters. The topological polar surface area (TPSA) is 46.2 Å². The number of hydrogen-bond acceptors (Lipinski definition) is 3. The fraction of sp³-hybridized carbons (Fsp3) is 0.467. The van der Waals surface area contributed by atoms with Gasteiger partial charge in [-0.2, -0.15) is 0 Å². The molecule has 0 fully saturated rings. The van der Waals surface area contributed by atoms with E-state index in [9.17, 15) is 5.11 Å². The van der Waals surface area contributed by atoms with Gasteiger partial charge in [0.05, 0.1) is 5.60 Å². The third kappa shape index (κ3) is 4.84. The minimum atomic E-state index is -0.548. The molecule has 0 aromatic heterocycles. The maximum Gasteiger partial charge on any atom is 0.0736 e. The van der Waals surface area contributed by atoms with E-state index in [1.807, 2.05) is 32.1 Å². The fourth-order valence-electron chi connectivity index (χ4n) is 1.58. The first kappa shape index (κ1) is 15.3. The van der Waals surface area contributed by atoms with Gasteiger partial charge in [0.1, 0.15) is 0 Å². The van der Waals surface area contributed by atoms with Crippen LogP contribution in [-0.4, -0.2) is 23.0 Å². The summed E-state index contributed by atoms with van der Waals surface area (Å²) < 4.78 is 0. The smallest absolute Gasteiger partial charge is 0.0736 e. The van der Waals surface area contributed by atoms with Crippen LogP contribution in [0.3, 0.4) is 0 Å². The molecule has 0 aliphatic heterocycles. The zero-order chi connectivity index (χ0) is 13.4. The molecule has 1 aromatic rings. The van der Waals surface area contributed by atoms with E-state index in [2.05, 4.69) is 18.2 Å². The molecule has 0 unspecified atom stereocenters. The molecule has 3 heteroatoms. The molecule has 3 N–H and O–H groups in total. The van der Waals surface area contributed by atoms with Crippen LogP contribution in [0.25, 0.3) is 6.08 Å². The Morgan fingerprint density at radius 2 is 2.06 bits per heavy atom. The molecule has 100 valence electrons. The van der Waals surface area contributed by atoms with E-state index in [4.69, 9.17) is 5.73 Å². The number of aliphatic hydroxyl groups is 1. The van der Waals surface area contributed by atoms with Gasteiger partial charge in [-0.1, -0.05) is 38.1 Å². The Labute approximate surface area is 114 Å². The van der Waals surface area contributed by atoms with Crippen LogP contribution in [0.15, 0.2) is 35.2 Å². The minimum absolute atomic E-state index is 0.548. The average Bonchev–Trinajstić information content (AvgIpc) is 2.43. The van der Waals surface area contributed by atoms with Gasteiger partial charge in [-0.05, 0) is 30.5 Å². The molecule has 0 bridgehead atoms. The van der Waals surface area contributed by atoms with Crippen molar-refractivity contribution >= 4 is 17.8 Å². The minimum Gasteiger partial charge on any atom is -0.389 e. The van der Waals surface area contributed by atoms with Crippen molar-refractivity contribution in [3.8, 4) is 0 Å². The number of nitrogens with two attached hydrogens (primary N) is 1. The summed E-state index contributed by atoms with van der Waals surface area (Å²) in [5.41, 5.74) is 6.05. The second-order valence-corrected chi connectivity index (χ2v) is 5.48. The second-order valence-electron chi connectivity index (χ2n) is 4.43. The number of benzene rings is 1. The lowest BCUT2D eigenvalue weighted by atomic mass is 10.0. The van der Waals surface area contributed by atoms with E-state index in [0.29, 0.717) is 6.54 Å². The molecular formula is C15H23NOS. The van der Waals surface area contributed by atoms with E-state index in [1.54, 1.807) is 11.8 Å². The van der Waals surface area contributed by atoms with Crippen LogP contribution in [0.4, 0.5) is 0 Å². The maximum atomic E-state index is 10.2. The van der Waals surface area contributed by atoms with Gasteiger partial charge in [0, 0.05) is 17.2 Å². The molecule has 0 aliphatic carbocycles. The van der Waals surface area contributed by atoms with Crippen molar-refractivity contribution in [2.75, 3.05) is 12.3 Å². The highest BCUT2D eigenvalue weighted by atomic mass is 32.2. The van der Waals surface area contributed by atoms with E-state index in [-0.39, 0.29) is 0 Å². The van der Waals surface area contributed by atoms with Gasteiger partial charge in [0.15, 0.2) is 0 Å². The molecular weight excluding hydrogens is 242 g/mol. The third-order valence-corrected chi connectivity index (χ3v) is 4.40. The third-order valence-electron chi connectivity index (χ3n) is 3.13.